The molecule has 1 saturated heterocycles. The van der Waals surface area contributed by atoms with E-state index < -0.39 is 9.84 Å². The summed E-state index contributed by atoms with van der Waals surface area (Å²) < 4.78 is 23.6. The molecule has 0 amide bonds. The molecule has 0 aromatic carbocycles. The Labute approximate surface area is 139 Å². The van der Waals surface area contributed by atoms with Crippen molar-refractivity contribution in [3.05, 3.63) is 11.9 Å². The molecule has 1 atom stereocenters. The van der Waals surface area contributed by atoms with Crippen molar-refractivity contribution in [2.45, 2.75) is 46.1 Å². The van der Waals surface area contributed by atoms with Gasteiger partial charge in [-0.15, -0.1) is 0 Å². The summed E-state index contributed by atoms with van der Waals surface area (Å²) in [7, 11) is -0.863. The Hall–Kier alpha value is -1.37. The van der Waals surface area contributed by atoms with E-state index in [4.69, 9.17) is 0 Å². The molecule has 130 valence electrons. The van der Waals surface area contributed by atoms with Gasteiger partial charge in [0, 0.05) is 32.2 Å². The third-order valence-electron chi connectivity index (χ3n) is 4.33. The van der Waals surface area contributed by atoms with E-state index in [1.165, 1.54) is 0 Å². The normalized spacial score (nSPS) is 19.7. The van der Waals surface area contributed by atoms with E-state index >= 15 is 0 Å². The summed E-state index contributed by atoms with van der Waals surface area (Å²) in [6.07, 6.45) is 2.94. The number of hydrogen-bond acceptors (Lipinski definition) is 6. The monoisotopic (exact) mass is 340 g/mol. The smallest absolute Gasteiger partial charge is 0.152 e. The predicted octanol–water partition coefficient (Wildman–Crippen LogP) is 2.03. The molecule has 1 aliphatic heterocycles. The lowest BCUT2D eigenvalue weighted by atomic mass is 10.2. The van der Waals surface area contributed by atoms with Gasteiger partial charge in [-0.1, -0.05) is 13.3 Å². The van der Waals surface area contributed by atoms with Crippen molar-refractivity contribution >= 4 is 21.5 Å². The number of nitrogens with zero attached hydrogens (tertiary/aromatic N) is 4. The second kappa shape index (κ2) is 7.47. The Morgan fingerprint density at radius 1 is 1.26 bits per heavy atom. The molecular formula is C16H28N4O2S. The van der Waals surface area contributed by atoms with Crippen molar-refractivity contribution < 1.29 is 8.42 Å². The van der Waals surface area contributed by atoms with Crippen LogP contribution < -0.4 is 9.80 Å². The Kier molecular flexibility index (Phi) is 5.84. The summed E-state index contributed by atoms with van der Waals surface area (Å²) in [5.74, 6) is 2.97. The van der Waals surface area contributed by atoms with Crippen LogP contribution in [0.25, 0.3) is 0 Å². The molecule has 0 saturated carbocycles. The van der Waals surface area contributed by atoms with Gasteiger partial charge in [-0.2, -0.15) is 0 Å². The van der Waals surface area contributed by atoms with Crippen LogP contribution in [0.4, 0.5) is 11.6 Å². The van der Waals surface area contributed by atoms with Crippen LogP contribution in [-0.4, -0.2) is 56.1 Å². The average molecular weight is 340 g/mol. The lowest BCUT2D eigenvalue weighted by Gasteiger charge is -2.29. The van der Waals surface area contributed by atoms with E-state index in [-0.39, 0.29) is 17.5 Å². The fraction of sp³-hybridized carbons (Fsp3) is 0.750. The Bertz CT molecular complexity index is 633. The number of sulfone groups is 1. The van der Waals surface area contributed by atoms with Crippen LogP contribution in [-0.2, 0) is 9.84 Å². The molecule has 1 aromatic rings. The maximum absolute atomic E-state index is 11.8. The van der Waals surface area contributed by atoms with E-state index in [2.05, 4.69) is 26.7 Å². The maximum atomic E-state index is 11.8. The maximum Gasteiger partial charge on any atom is 0.152 e. The van der Waals surface area contributed by atoms with Crippen molar-refractivity contribution in [1.29, 1.82) is 0 Å². The summed E-state index contributed by atoms with van der Waals surface area (Å²) in [6, 6.07) is 2.00. The topological polar surface area (TPSA) is 66.4 Å². The van der Waals surface area contributed by atoms with E-state index in [1.54, 1.807) is 0 Å². The van der Waals surface area contributed by atoms with Crippen LogP contribution in [0.1, 0.15) is 38.9 Å². The molecule has 0 spiro atoms. The molecule has 0 radical (unpaired) electrons. The summed E-state index contributed by atoms with van der Waals surface area (Å²) in [4.78, 5) is 13.3. The van der Waals surface area contributed by atoms with Crippen LogP contribution in [0, 0.1) is 6.92 Å². The standard InChI is InChI=1S/C16H28N4O2S/c1-5-7-9-19(4)15-11-16(18-13(3)17-15)20(6-2)14-8-10-23(21,22)12-14/h11,14H,5-10,12H2,1-4H3. The van der Waals surface area contributed by atoms with Crippen molar-refractivity contribution in [3.8, 4) is 0 Å². The summed E-state index contributed by atoms with van der Waals surface area (Å²) >= 11 is 0. The number of unbranched alkanes of at least 4 members (excludes halogenated alkanes) is 1. The predicted molar refractivity (Wildman–Crippen MR) is 95.0 cm³/mol. The molecule has 1 fully saturated rings. The second-order valence-electron chi connectivity index (χ2n) is 6.25. The third kappa shape index (κ3) is 4.56. The Morgan fingerprint density at radius 3 is 2.52 bits per heavy atom. The lowest BCUT2D eigenvalue weighted by molar-refractivity contribution is 0.599. The van der Waals surface area contributed by atoms with Gasteiger partial charge in [-0.25, -0.2) is 18.4 Å². The number of rotatable bonds is 7. The summed E-state index contributed by atoms with van der Waals surface area (Å²) in [6.45, 7) is 7.80. The number of aromatic nitrogens is 2. The van der Waals surface area contributed by atoms with Crippen molar-refractivity contribution in [2.24, 2.45) is 0 Å². The number of anilines is 2. The first-order valence-corrected chi connectivity index (χ1v) is 10.2. The quantitative estimate of drug-likeness (QED) is 0.757. The minimum Gasteiger partial charge on any atom is -0.360 e. The number of aryl methyl sites for hydroxylation is 1. The van der Waals surface area contributed by atoms with Crippen LogP contribution in [0.3, 0.4) is 0 Å². The zero-order valence-corrected chi connectivity index (χ0v) is 15.4. The zero-order chi connectivity index (χ0) is 17.0. The molecular weight excluding hydrogens is 312 g/mol. The SMILES string of the molecule is CCCCN(C)c1cc(N(CC)C2CCS(=O)(=O)C2)nc(C)n1. The van der Waals surface area contributed by atoms with Gasteiger partial charge >= 0.3 is 0 Å². The lowest BCUT2D eigenvalue weighted by Crippen LogP contribution is -2.37. The van der Waals surface area contributed by atoms with Gasteiger partial charge < -0.3 is 9.80 Å². The summed E-state index contributed by atoms with van der Waals surface area (Å²) in [5.41, 5.74) is 0. The van der Waals surface area contributed by atoms with Gasteiger partial charge in [0.25, 0.3) is 0 Å². The van der Waals surface area contributed by atoms with Gasteiger partial charge in [0.15, 0.2) is 9.84 Å². The van der Waals surface area contributed by atoms with E-state index in [9.17, 15) is 8.42 Å². The Morgan fingerprint density at radius 2 is 1.96 bits per heavy atom. The molecule has 1 aromatic heterocycles. The van der Waals surface area contributed by atoms with Crippen LogP contribution in [0.15, 0.2) is 6.07 Å². The molecule has 6 nitrogen and oxygen atoms in total. The van der Waals surface area contributed by atoms with Gasteiger partial charge in [-0.3, -0.25) is 0 Å². The molecule has 2 rings (SSSR count). The van der Waals surface area contributed by atoms with Gasteiger partial charge in [0.1, 0.15) is 17.5 Å². The molecule has 23 heavy (non-hydrogen) atoms. The van der Waals surface area contributed by atoms with Gasteiger partial charge in [0.05, 0.1) is 11.5 Å². The molecule has 0 aliphatic carbocycles. The van der Waals surface area contributed by atoms with E-state index in [0.717, 1.165) is 43.4 Å². The minimum absolute atomic E-state index is 0.0214. The van der Waals surface area contributed by atoms with Crippen molar-refractivity contribution in [2.75, 3.05) is 41.4 Å². The second-order valence-corrected chi connectivity index (χ2v) is 8.48. The molecule has 1 unspecified atom stereocenters. The van der Waals surface area contributed by atoms with Gasteiger partial charge in [-0.05, 0) is 26.7 Å². The third-order valence-corrected chi connectivity index (χ3v) is 6.08. The fourth-order valence-corrected chi connectivity index (χ4v) is 4.75. The van der Waals surface area contributed by atoms with Crippen LogP contribution >= 0.6 is 0 Å². The highest BCUT2D eigenvalue weighted by Crippen LogP contribution is 2.25. The fourth-order valence-electron chi connectivity index (χ4n) is 3.02. The first-order chi connectivity index (χ1) is 10.9. The number of hydrogen-bond donors (Lipinski definition) is 0. The zero-order valence-electron chi connectivity index (χ0n) is 14.6. The largest absolute Gasteiger partial charge is 0.360 e. The van der Waals surface area contributed by atoms with Gasteiger partial charge in [0.2, 0.25) is 0 Å². The molecule has 7 heteroatoms. The van der Waals surface area contributed by atoms with Crippen molar-refractivity contribution in [3.63, 3.8) is 0 Å². The van der Waals surface area contributed by atoms with Crippen LogP contribution in [0.2, 0.25) is 0 Å². The highest BCUT2D eigenvalue weighted by Gasteiger charge is 2.32. The molecule has 0 bridgehead atoms. The Balaban J connectivity index is 2.25. The first kappa shape index (κ1) is 18.0. The molecule has 2 heterocycles. The highest BCUT2D eigenvalue weighted by molar-refractivity contribution is 7.91. The molecule has 0 N–H and O–H groups in total. The van der Waals surface area contributed by atoms with E-state index in [0.29, 0.717) is 6.42 Å². The van der Waals surface area contributed by atoms with E-state index in [1.807, 2.05) is 27.0 Å². The molecule has 1 aliphatic rings. The average Bonchev–Trinajstić information content (AvgIpc) is 2.85. The van der Waals surface area contributed by atoms with Crippen molar-refractivity contribution in [1.82, 2.24) is 9.97 Å². The van der Waals surface area contributed by atoms with Crippen LogP contribution in [0.5, 0.6) is 0 Å². The first-order valence-electron chi connectivity index (χ1n) is 8.40. The highest BCUT2D eigenvalue weighted by atomic mass is 32.2. The minimum atomic E-state index is -2.90. The summed E-state index contributed by atoms with van der Waals surface area (Å²) in [5, 5.41) is 0.